The molecule has 3 aromatic carbocycles. The molecule has 35 heavy (non-hydrogen) atoms. The minimum Gasteiger partial charge on any atom is -0.507 e. The van der Waals surface area contributed by atoms with Crippen LogP contribution in [0.2, 0.25) is 5.02 Å². The highest BCUT2D eigenvalue weighted by atomic mass is 35.5. The molecular formula is C27H23ClFNO5. The Morgan fingerprint density at radius 2 is 1.69 bits per heavy atom. The number of carbonyl (C=O) groups excluding carboxylic acids is 2. The molecule has 180 valence electrons. The van der Waals surface area contributed by atoms with Crippen molar-refractivity contribution in [1.82, 2.24) is 0 Å². The van der Waals surface area contributed by atoms with Crippen molar-refractivity contribution in [1.29, 1.82) is 0 Å². The van der Waals surface area contributed by atoms with Crippen molar-refractivity contribution < 1.29 is 28.6 Å². The van der Waals surface area contributed by atoms with Crippen LogP contribution in [0.3, 0.4) is 0 Å². The molecule has 1 atom stereocenters. The zero-order chi connectivity index (χ0) is 25.1. The number of benzene rings is 3. The van der Waals surface area contributed by atoms with Crippen molar-refractivity contribution in [2.24, 2.45) is 0 Å². The fourth-order valence-electron chi connectivity index (χ4n) is 4.07. The van der Waals surface area contributed by atoms with Gasteiger partial charge in [-0.2, -0.15) is 0 Å². The smallest absolute Gasteiger partial charge is 0.300 e. The fraction of sp³-hybridized carbons (Fsp3) is 0.185. The maximum Gasteiger partial charge on any atom is 0.300 e. The number of aliphatic hydroxyl groups is 1. The first-order valence-electron chi connectivity index (χ1n) is 11.1. The second-order valence-corrected chi connectivity index (χ2v) is 8.13. The fourth-order valence-corrected chi connectivity index (χ4v) is 4.19. The molecule has 4 rings (SSSR count). The zero-order valence-corrected chi connectivity index (χ0v) is 19.9. The van der Waals surface area contributed by atoms with E-state index in [0.717, 1.165) is 4.90 Å². The zero-order valence-electron chi connectivity index (χ0n) is 19.1. The van der Waals surface area contributed by atoms with E-state index >= 15 is 4.39 Å². The molecule has 0 radical (unpaired) electrons. The molecule has 1 N–H and O–H groups in total. The molecule has 1 aliphatic heterocycles. The summed E-state index contributed by atoms with van der Waals surface area (Å²) in [5.41, 5.74) is 0.332. The molecule has 1 unspecified atom stereocenters. The highest BCUT2D eigenvalue weighted by Crippen LogP contribution is 2.44. The third kappa shape index (κ3) is 4.59. The van der Waals surface area contributed by atoms with E-state index < -0.39 is 29.3 Å². The van der Waals surface area contributed by atoms with Crippen LogP contribution >= 0.6 is 11.6 Å². The van der Waals surface area contributed by atoms with E-state index in [0.29, 0.717) is 23.1 Å². The van der Waals surface area contributed by atoms with Crippen molar-refractivity contribution in [3.8, 4) is 11.5 Å². The first-order valence-corrected chi connectivity index (χ1v) is 11.5. The first kappa shape index (κ1) is 24.3. The first-order chi connectivity index (χ1) is 16.9. The highest BCUT2D eigenvalue weighted by Gasteiger charge is 2.48. The van der Waals surface area contributed by atoms with Gasteiger partial charge in [0.15, 0.2) is 0 Å². The lowest BCUT2D eigenvalue weighted by Crippen LogP contribution is -2.29. The minimum atomic E-state index is -1.21. The summed E-state index contributed by atoms with van der Waals surface area (Å²) in [4.78, 5) is 27.7. The van der Waals surface area contributed by atoms with Gasteiger partial charge in [0.2, 0.25) is 0 Å². The Bertz CT molecular complexity index is 1310. The summed E-state index contributed by atoms with van der Waals surface area (Å²) in [5, 5.41) is 11.8. The average Bonchev–Trinajstić information content (AvgIpc) is 3.10. The predicted octanol–water partition coefficient (Wildman–Crippen LogP) is 5.90. The molecule has 0 spiro atoms. The molecule has 1 saturated heterocycles. The van der Waals surface area contributed by atoms with Gasteiger partial charge in [0.25, 0.3) is 11.7 Å². The maximum absolute atomic E-state index is 15.0. The average molecular weight is 496 g/mol. The van der Waals surface area contributed by atoms with E-state index in [9.17, 15) is 14.7 Å². The molecular weight excluding hydrogens is 473 g/mol. The summed E-state index contributed by atoms with van der Waals surface area (Å²) < 4.78 is 26.2. The Labute approximate surface area is 207 Å². The SMILES string of the molecule is CCOc1ccc(/C(O)=C2\C(=O)C(=O)N(c3ccc(Cl)cc3)C2c2ccccc2F)c(OCC)c1. The van der Waals surface area contributed by atoms with Crippen LogP contribution in [0.25, 0.3) is 5.76 Å². The monoisotopic (exact) mass is 495 g/mol. The van der Waals surface area contributed by atoms with Gasteiger partial charge in [-0.1, -0.05) is 29.8 Å². The molecule has 1 aliphatic rings. The van der Waals surface area contributed by atoms with Gasteiger partial charge < -0.3 is 14.6 Å². The third-order valence-corrected chi connectivity index (χ3v) is 5.82. The predicted molar refractivity (Wildman–Crippen MR) is 131 cm³/mol. The van der Waals surface area contributed by atoms with E-state index in [1.165, 1.54) is 18.2 Å². The van der Waals surface area contributed by atoms with Crippen LogP contribution in [0.15, 0.2) is 72.3 Å². The second kappa shape index (κ2) is 10.2. The molecule has 1 fully saturated rings. The van der Waals surface area contributed by atoms with Gasteiger partial charge in [-0.15, -0.1) is 0 Å². The molecule has 0 aliphatic carbocycles. The van der Waals surface area contributed by atoms with E-state index in [1.807, 2.05) is 6.92 Å². The van der Waals surface area contributed by atoms with Crippen LogP contribution in [0.1, 0.15) is 31.0 Å². The number of rotatable bonds is 7. The third-order valence-electron chi connectivity index (χ3n) is 5.57. The second-order valence-electron chi connectivity index (χ2n) is 7.69. The van der Waals surface area contributed by atoms with Gasteiger partial charge >= 0.3 is 0 Å². The molecule has 0 saturated carbocycles. The summed E-state index contributed by atoms with van der Waals surface area (Å²) >= 11 is 6.00. The number of hydrogen-bond donors (Lipinski definition) is 1. The minimum absolute atomic E-state index is 0.0621. The van der Waals surface area contributed by atoms with Crippen molar-refractivity contribution >= 4 is 34.7 Å². The van der Waals surface area contributed by atoms with Gasteiger partial charge in [-0.05, 0) is 56.3 Å². The number of ketones is 1. The van der Waals surface area contributed by atoms with Gasteiger partial charge in [-0.3, -0.25) is 14.5 Å². The van der Waals surface area contributed by atoms with Crippen molar-refractivity contribution in [2.45, 2.75) is 19.9 Å². The molecule has 1 amide bonds. The number of ether oxygens (including phenoxy) is 2. The molecule has 3 aromatic rings. The van der Waals surface area contributed by atoms with Crippen LogP contribution in [0.4, 0.5) is 10.1 Å². The van der Waals surface area contributed by atoms with Gasteiger partial charge in [0, 0.05) is 22.3 Å². The van der Waals surface area contributed by atoms with Crippen LogP contribution in [0.5, 0.6) is 11.5 Å². The largest absolute Gasteiger partial charge is 0.507 e. The maximum atomic E-state index is 15.0. The number of aliphatic hydroxyl groups excluding tert-OH is 1. The number of Topliss-reactive ketones (excluding diaryl/α,β-unsaturated/α-hetero) is 1. The molecule has 0 aromatic heterocycles. The Morgan fingerprint density at radius 3 is 2.34 bits per heavy atom. The number of anilines is 1. The van der Waals surface area contributed by atoms with Crippen LogP contribution in [-0.4, -0.2) is 30.0 Å². The van der Waals surface area contributed by atoms with Crippen molar-refractivity contribution in [3.63, 3.8) is 0 Å². The standard InChI is InChI=1S/C27H23ClFNO5/c1-3-34-18-13-14-20(22(15-18)35-4-2)25(31)23-24(19-7-5-6-8-21(19)29)30(27(33)26(23)32)17-11-9-16(28)10-12-17/h5-15,24,31H,3-4H2,1-2H3/b25-23+. The van der Waals surface area contributed by atoms with E-state index in [1.54, 1.807) is 55.5 Å². The Hall–Kier alpha value is -3.84. The lowest BCUT2D eigenvalue weighted by atomic mass is 9.94. The summed E-state index contributed by atoms with van der Waals surface area (Å²) in [6, 6.07) is 15.6. The van der Waals surface area contributed by atoms with Gasteiger partial charge in [0.05, 0.1) is 30.4 Å². The normalized spacial score (nSPS) is 17.0. The van der Waals surface area contributed by atoms with Crippen LogP contribution in [-0.2, 0) is 9.59 Å². The summed E-state index contributed by atoms with van der Waals surface area (Å²) in [7, 11) is 0. The number of nitrogens with zero attached hydrogens (tertiary/aromatic N) is 1. The van der Waals surface area contributed by atoms with Crippen molar-refractivity contribution in [2.75, 3.05) is 18.1 Å². The van der Waals surface area contributed by atoms with Gasteiger partial charge in [0.1, 0.15) is 23.1 Å². The Morgan fingerprint density at radius 1 is 1.00 bits per heavy atom. The quantitative estimate of drug-likeness (QED) is 0.251. The van der Waals surface area contributed by atoms with Gasteiger partial charge in [-0.25, -0.2) is 4.39 Å². The number of carbonyl (C=O) groups is 2. The van der Waals surface area contributed by atoms with Crippen LogP contribution in [0, 0.1) is 5.82 Å². The topological polar surface area (TPSA) is 76.1 Å². The molecule has 8 heteroatoms. The summed E-state index contributed by atoms with van der Waals surface area (Å²) in [6.45, 7) is 4.32. The van der Waals surface area contributed by atoms with Crippen LogP contribution < -0.4 is 14.4 Å². The number of amides is 1. The summed E-state index contributed by atoms with van der Waals surface area (Å²) in [6.07, 6.45) is 0. The Balaban J connectivity index is 1.95. The van der Waals surface area contributed by atoms with E-state index in [-0.39, 0.29) is 29.1 Å². The molecule has 6 nitrogen and oxygen atoms in total. The molecule has 0 bridgehead atoms. The highest BCUT2D eigenvalue weighted by molar-refractivity contribution is 6.51. The number of halogens is 2. The van der Waals surface area contributed by atoms with E-state index in [2.05, 4.69) is 0 Å². The van der Waals surface area contributed by atoms with E-state index in [4.69, 9.17) is 21.1 Å². The van der Waals surface area contributed by atoms with Crippen molar-refractivity contribution in [3.05, 3.63) is 94.3 Å². The molecule has 1 heterocycles. The summed E-state index contributed by atoms with van der Waals surface area (Å²) in [5.74, 6) is -2.16. The lowest BCUT2D eigenvalue weighted by molar-refractivity contribution is -0.132. The Kier molecular flexibility index (Phi) is 7.07. The number of hydrogen-bond acceptors (Lipinski definition) is 5. The lowest BCUT2D eigenvalue weighted by Gasteiger charge is -2.26.